The van der Waals surface area contributed by atoms with Crippen molar-refractivity contribution in [1.82, 2.24) is 4.98 Å². The Hall–Kier alpha value is -2.67. The van der Waals surface area contributed by atoms with Gasteiger partial charge in [0.25, 0.3) is 0 Å². The van der Waals surface area contributed by atoms with Crippen LogP contribution in [-0.4, -0.2) is 4.98 Å². The van der Waals surface area contributed by atoms with Crippen molar-refractivity contribution in [2.75, 3.05) is 0 Å². The number of nitrogens with two attached hydrogens (primary N) is 1. The Labute approximate surface area is 110 Å². The summed E-state index contributed by atoms with van der Waals surface area (Å²) in [5, 5.41) is 9.24. The van der Waals surface area contributed by atoms with Gasteiger partial charge >= 0.3 is 0 Å². The lowest BCUT2D eigenvalue weighted by molar-refractivity contribution is 0.614. The SMILES string of the molecule is Cc1cccc(/C(N)=C(/C#N)c2ccncc2)c1F. The minimum absolute atomic E-state index is 0.134. The smallest absolute Gasteiger partial charge is 0.135 e. The van der Waals surface area contributed by atoms with Crippen LogP contribution in [0, 0.1) is 24.1 Å². The largest absolute Gasteiger partial charge is 0.397 e. The number of rotatable bonds is 2. The lowest BCUT2D eigenvalue weighted by atomic mass is 10.00. The molecule has 0 bridgehead atoms. The molecule has 1 aromatic heterocycles. The molecule has 2 rings (SSSR count). The highest BCUT2D eigenvalue weighted by Crippen LogP contribution is 2.24. The Morgan fingerprint density at radius 3 is 2.58 bits per heavy atom. The second-order valence-electron chi connectivity index (χ2n) is 4.07. The predicted molar refractivity (Wildman–Crippen MR) is 72.0 cm³/mol. The molecule has 19 heavy (non-hydrogen) atoms. The van der Waals surface area contributed by atoms with Crippen LogP contribution in [0.1, 0.15) is 16.7 Å². The van der Waals surface area contributed by atoms with Gasteiger partial charge in [0.1, 0.15) is 11.9 Å². The molecular formula is C15H12FN3. The van der Waals surface area contributed by atoms with Gasteiger partial charge in [-0.25, -0.2) is 4.39 Å². The summed E-state index contributed by atoms with van der Waals surface area (Å²) in [6.07, 6.45) is 3.12. The summed E-state index contributed by atoms with van der Waals surface area (Å²) >= 11 is 0. The maximum absolute atomic E-state index is 14.0. The van der Waals surface area contributed by atoms with Gasteiger partial charge in [-0.2, -0.15) is 5.26 Å². The molecular weight excluding hydrogens is 241 g/mol. The normalized spacial score (nSPS) is 11.6. The molecule has 2 aromatic rings. The first-order valence-electron chi connectivity index (χ1n) is 5.71. The van der Waals surface area contributed by atoms with Gasteiger partial charge < -0.3 is 5.73 Å². The van der Waals surface area contributed by atoms with E-state index in [2.05, 4.69) is 4.98 Å². The number of allylic oxidation sites excluding steroid dienone is 1. The van der Waals surface area contributed by atoms with Crippen LogP contribution >= 0.6 is 0 Å². The predicted octanol–water partition coefficient (Wildman–Crippen LogP) is 2.88. The van der Waals surface area contributed by atoms with Crippen LogP contribution in [-0.2, 0) is 0 Å². The Bertz CT molecular complexity index is 670. The highest BCUT2D eigenvalue weighted by atomic mass is 19.1. The highest BCUT2D eigenvalue weighted by Gasteiger charge is 2.13. The van der Waals surface area contributed by atoms with E-state index in [1.54, 1.807) is 49.6 Å². The van der Waals surface area contributed by atoms with Crippen molar-refractivity contribution >= 4 is 11.3 Å². The number of halogens is 1. The number of nitrogens with zero attached hydrogens (tertiary/aromatic N) is 2. The zero-order valence-corrected chi connectivity index (χ0v) is 10.4. The lowest BCUT2D eigenvalue weighted by Crippen LogP contribution is -2.04. The molecule has 0 saturated carbocycles. The monoisotopic (exact) mass is 253 g/mol. The summed E-state index contributed by atoms with van der Waals surface area (Å²) in [5.74, 6) is -0.401. The quantitative estimate of drug-likeness (QED) is 0.837. The Morgan fingerprint density at radius 2 is 1.95 bits per heavy atom. The summed E-state index contributed by atoms with van der Waals surface area (Å²) in [6, 6.07) is 10.3. The maximum atomic E-state index is 14.0. The van der Waals surface area contributed by atoms with Crippen LogP contribution < -0.4 is 5.73 Å². The average Bonchev–Trinajstić information content (AvgIpc) is 2.44. The standard InChI is InChI=1S/C15H12FN3/c1-10-3-2-4-12(14(10)16)15(18)13(9-17)11-5-7-19-8-6-11/h2-8H,18H2,1H3/b15-13+. The average molecular weight is 253 g/mol. The second-order valence-corrected chi connectivity index (χ2v) is 4.07. The number of hydrogen-bond acceptors (Lipinski definition) is 3. The van der Waals surface area contributed by atoms with E-state index in [9.17, 15) is 9.65 Å². The number of aromatic nitrogens is 1. The van der Waals surface area contributed by atoms with Gasteiger partial charge in [-0.05, 0) is 36.2 Å². The van der Waals surface area contributed by atoms with Gasteiger partial charge in [-0.3, -0.25) is 4.98 Å². The van der Waals surface area contributed by atoms with E-state index in [4.69, 9.17) is 5.73 Å². The topological polar surface area (TPSA) is 62.7 Å². The Morgan fingerprint density at radius 1 is 1.26 bits per heavy atom. The number of nitriles is 1. The zero-order chi connectivity index (χ0) is 13.8. The van der Waals surface area contributed by atoms with E-state index in [0.717, 1.165) is 0 Å². The molecule has 2 N–H and O–H groups in total. The van der Waals surface area contributed by atoms with Crippen LogP contribution in [0.5, 0.6) is 0 Å². The summed E-state index contributed by atoms with van der Waals surface area (Å²) < 4.78 is 14.0. The molecule has 1 heterocycles. The fourth-order valence-corrected chi connectivity index (χ4v) is 1.79. The van der Waals surface area contributed by atoms with Crippen LogP contribution in [0.25, 0.3) is 11.3 Å². The van der Waals surface area contributed by atoms with Crippen LogP contribution in [0.3, 0.4) is 0 Å². The lowest BCUT2D eigenvalue weighted by Gasteiger charge is -2.08. The van der Waals surface area contributed by atoms with Crippen molar-refractivity contribution in [1.29, 1.82) is 5.26 Å². The van der Waals surface area contributed by atoms with E-state index < -0.39 is 5.82 Å². The first-order valence-corrected chi connectivity index (χ1v) is 5.71. The van der Waals surface area contributed by atoms with Crippen LogP contribution in [0.15, 0.2) is 42.7 Å². The summed E-state index contributed by atoms with van der Waals surface area (Å²) in [4.78, 5) is 3.88. The van der Waals surface area contributed by atoms with Crippen molar-refractivity contribution < 1.29 is 4.39 Å². The third-order valence-electron chi connectivity index (χ3n) is 2.83. The second kappa shape index (κ2) is 5.32. The molecule has 94 valence electrons. The van der Waals surface area contributed by atoms with E-state index in [-0.39, 0.29) is 16.8 Å². The molecule has 0 spiro atoms. The molecule has 0 amide bonds. The van der Waals surface area contributed by atoms with Crippen molar-refractivity contribution in [3.8, 4) is 6.07 Å². The Balaban J connectivity index is 2.63. The first-order chi connectivity index (χ1) is 9.15. The summed E-state index contributed by atoms with van der Waals surface area (Å²) in [5.41, 5.74) is 7.68. The van der Waals surface area contributed by atoms with Crippen LogP contribution in [0.2, 0.25) is 0 Å². The molecule has 0 aliphatic carbocycles. The minimum Gasteiger partial charge on any atom is -0.397 e. The third-order valence-corrected chi connectivity index (χ3v) is 2.83. The Kier molecular flexibility index (Phi) is 3.58. The van der Waals surface area contributed by atoms with E-state index in [1.165, 1.54) is 0 Å². The molecule has 0 saturated heterocycles. The number of pyridine rings is 1. The van der Waals surface area contributed by atoms with E-state index in [1.807, 2.05) is 6.07 Å². The molecule has 3 nitrogen and oxygen atoms in total. The number of benzene rings is 1. The van der Waals surface area contributed by atoms with Gasteiger partial charge in [-0.15, -0.1) is 0 Å². The zero-order valence-electron chi connectivity index (χ0n) is 10.4. The van der Waals surface area contributed by atoms with Gasteiger partial charge in [0.2, 0.25) is 0 Å². The van der Waals surface area contributed by atoms with Crippen molar-refractivity contribution in [3.05, 3.63) is 65.2 Å². The third kappa shape index (κ3) is 2.45. The van der Waals surface area contributed by atoms with Crippen LogP contribution in [0.4, 0.5) is 4.39 Å². The minimum atomic E-state index is -0.401. The molecule has 0 fully saturated rings. The van der Waals surface area contributed by atoms with Gasteiger partial charge in [0.05, 0.1) is 11.3 Å². The first kappa shape index (κ1) is 12.8. The van der Waals surface area contributed by atoms with E-state index >= 15 is 0 Å². The molecule has 0 atom stereocenters. The van der Waals surface area contributed by atoms with Crippen molar-refractivity contribution in [3.63, 3.8) is 0 Å². The number of aryl methyl sites for hydroxylation is 1. The number of hydrogen-bond donors (Lipinski definition) is 1. The van der Waals surface area contributed by atoms with Gasteiger partial charge in [0, 0.05) is 18.0 Å². The fourth-order valence-electron chi connectivity index (χ4n) is 1.79. The van der Waals surface area contributed by atoms with Gasteiger partial charge in [-0.1, -0.05) is 12.1 Å². The molecule has 4 heteroatoms. The fraction of sp³-hybridized carbons (Fsp3) is 0.0667. The molecule has 0 radical (unpaired) electrons. The van der Waals surface area contributed by atoms with E-state index in [0.29, 0.717) is 11.1 Å². The molecule has 0 aliphatic heterocycles. The molecule has 0 unspecified atom stereocenters. The maximum Gasteiger partial charge on any atom is 0.135 e. The van der Waals surface area contributed by atoms with Gasteiger partial charge in [0.15, 0.2) is 0 Å². The highest BCUT2D eigenvalue weighted by molar-refractivity contribution is 5.96. The van der Waals surface area contributed by atoms with Crippen molar-refractivity contribution in [2.24, 2.45) is 5.73 Å². The molecule has 1 aromatic carbocycles. The summed E-state index contributed by atoms with van der Waals surface area (Å²) in [6.45, 7) is 1.66. The summed E-state index contributed by atoms with van der Waals surface area (Å²) in [7, 11) is 0. The van der Waals surface area contributed by atoms with Crippen molar-refractivity contribution in [2.45, 2.75) is 6.92 Å². The molecule has 0 aliphatic rings.